The first-order chi connectivity index (χ1) is 6.99. The van der Waals surface area contributed by atoms with Crippen molar-refractivity contribution < 1.29 is 15.3 Å². The molecule has 4 nitrogen and oxygen atoms in total. The Hall–Kier alpha value is -1.26. The van der Waals surface area contributed by atoms with E-state index in [1.54, 1.807) is 0 Å². The number of nitrogens with one attached hydrogen (secondary N) is 1. The molecule has 0 aliphatic rings. The molecule has 83 valence electrons. The van der Waals surface area contributed by atoms with Crippen LogP contribution in [0.25, 0.3) is 0 Å². The molecule has 1 rings (SSSR count). The Balaban J connectivity index is 2.68. The molecule has 0 saturated heterocycles. The van der Waals surface area contributed by atoms with Gasteiger partial charge in [0.05, 0.1) is 6.10 Å². The number of rotatable bonds is 4. The highest BCUT2D eigenvalue weighted by Gasteiger charge is 2.10. The molecule has 0 heterocycles. The molecule has 0 aliphatic heterocycles. The fourth-order valence-electron chi connectivity index (χ4n) is 1.24. The average molecular weight is 210 g/mol. The molecule has 0 aliphatic carbocycles. The van der Waals surface area contributed by atoms with Gasteiger partial charge in [0.2, 0.25) is 0 Å². The first-order valence-electron chi connectivity index (χ1n) is 4.76. The minimum absolute atomic E-state index is 0.0329. The zero-order chi connectivity index (χ0) is 11.4. The van der Waals surface area contributed by atoms with E-state index in [1.165, 1.54) is 18.2 Å². The monoisotopic (exact) mass is 210 g/mol. The summed E-state index contributed by atoms with van der Waals surface area (Å²) >= 11 is 0. The van der Waals surface area contributed by atoms with Gasteiger partial charge in [-0.1, -0.05) is 0 Å². The maximum absolute atomic E-state index is 9.71. The summed E-state index contributed by atoms with van der Waals surface area (Å²) in [6.45, 7) is 5.91. The number of hydrogen-bond donors (Lipinski definition) is 4. The van der Waals surface area contributed by atoms with Gasteiger partial charge < -0.3 is 20.6 Å². The van der Waals surface area contributed by atoms with Gasteiger partial charge in [-0.05, 0) is 31.5 Å². The van der Waals surface area contributed by atoms with E-state index in [0.29, 0.717) is 12.1 Å². The third-order valence-electron chi connectivity index (χ3n) is 1.97. The Kier molecular flexibility index (Phi) is 3.94. The molecule has 0 aromatic heterocycles. The van der Waals surface area contributed by atoms with Crippen LogP contribution >= 0.6 is 0 Å². The van der Waals surface area contributed by atoms with Crippen LogP contribution in [0.15, 0.2) is 18.2 Å². The molecule has 15 heavy (non-hydrogen) atoms. The second kappa shape index (κ2) is 5.00. The Morgan fingerprint density at radius 1 is 1.27 bits per heavy atom. The third-order valence-corrected chi connectivity index (χ3v) is 1.97. The van der Waals surface area contributed by atoms with E-state index in [2.05, 4.69) is 12.2 Å². The number of aliphatic hydroxyl groups excluding tert-OH is 1. The third kappa shape index (κ3) is 3.77. The zero-order valence-electron chi connectivity index (χ0n) is 8.64. The van der Waals surface area contributed by atoms with Crippen LogP contribution in [0.2, 0.25) is 0 Å². The van der Waals surface area contributed by atoms with Crippen LogP contribution in [0, 0.1) is 6.92 Å². The van der Waals surface area contributed by atoms with Gasteiger partial charge in [0.25, 0.3) is 0 Å². The van der Waals surface area contributed by atoms with Crippen molar-refractivity contribution in [3.63, 3.8) is 0 Å². The van der Waals surface area contributed by atoms with Crippen molar-refractivity contribution in [2.45, 2.75) is 19.1 Å². The highest BCUT2D eigenvalue weighted by Crippen LogP contribution is 2.24. The number of phenolic OH excluding ortho intramolecular Hbond substituents is 2. The molecule has 0 bridgehead atoms. The average Bonchev–Trinajstić information content (AvgIpc) is 2.12. The number of phenols is 2. The minimum atomic E-state index is -0.771. The standard InChI is InChI=1S/C11H16NO3/c1-7(2)12-6-11(15)8-3-9(13)5-10(14)4-8/h3-5,7,11-15H,1,6H2,2H3. The number of aliphatic hydroxyl groups is 1. The molecule has 4 N–H and O–H groups in total. The van der Waals surface area contributed by atoms with Crippen LogP contribution in [-0.4, -0.2) is 27.9 Å². The summed E-state index contributed by atoms with van der Waals surface area (Å²) in [5.41, 5.74) is 0.473. The van der Waals surface area contributed by atoms with Crippen LogP contribution < -0.4 is 5.32 Å². The van der Waals surface area contributed by atoms with Gasteiger partial charge in [-0.3, -0.25) is 0 Å². The molecule has 2 unspecified atom stereocenters. The SMILES string of the molecule is [CH2]C(C)NCC(O)c1cc(O)cc(O)c1. The van der Waals surface area contributed by atoms with Gasteiger partial charge in [0, 0.05) is 18.7 Å². The summed E-state index contributed by atoms with van der Waals surface area (Å²) < 4.78 is 0. The predicted molar refractivity (Wildman–Crippen MR) is 57.6 cm³/mol. The van der Waals surface area contributed by atoms with Gasteiger partial charge in [-0.2, -0.15) is 0 Å². The van der Waals surface area contributed by atoms with E-state index in [1.807, 2.05) is 6.92 Å². The fraction of sp³-hybridized carbons (Fsp3) is 0.364. The van der Waals surface area contributed by atoms with Crippen LogP contribution in [0.1, 0.15) is 18.6 Å². The van der Waals surface area contributed by atoms with E-state index in [4.69, 9.17) is 0 Å². The molecule has 0 saturated carbocycles. The van der Waals surface area contributed by atoms with E-state index in [-0.39, 0.29) is 17.5 Å². The number of aromatic hydroxyl groups is 2. The molecule has 2 atom stereocenters. The summed E-state index contributed by atoms with van der Waals surface area (Å²) in [5.74, 6) is -0.126. The van der Waals surface area contributed by atoms with Crippen LogP contribution in [0.3, 0.4) is 0 Å². The van der Waals surface area contributed by atoms with Crippen molar-refractivity contribution in [1.82, 2.24) is 5.32 Å². The second-order valence-corrected chi connectivity index (χ2v) is 3.61. The molecule has 0 fully saturated rings. The van der Waals surface area contributed by atoms with Gasteiger partial charge in [-0.15, -0.1) is 0 Å². The summed E-state index contributed by atoms with van der Waals surface area (Å²) in [6.07, 6.45) is -0.771. The molecule has 1 radical (unpaired) electrons. The maximum Gasteiger partial charge on any atom is 0.119 e. The van der Waals surface area contributed by atoms with E-state index in [9.17, 15) is 15.3 Å². The van der Waals surface area contributed by atoms with Crippen molar-refractivity contribution in [3.8, 4) is 11.5 Å². The quantitative estimate of drug-likeness (QED) is 0.597. The lowest BCUT2D eigenvalue weighted by atomic mass is 10.1. The van der Waals surface area contributed by atoms with Gasteiger partial charge in [0.15, 0.2) is 0 Å². The zero-order valence-corrected chi connectivity index (χ0v) is 8.64. The van der Waals surface area contributed by atoms with Gasteiger partial charge >= 0.3 is 0 Å². The molecule has 4 heteroatoms. The van der Waals surface area contributed by atoms with Crippen molar-refractivity contribution in [1.29, 1.82) is 0 Å². The molecule has 1 aromatic rings. The second-order valence-electron chi connectivity index (χ2n) is 3.61. The van der Waals surface area contributed by atoms with E-state index < -0.39 is 6.10 Å². The lowest BCUT2D eigenvalue weighted by Gasteiger charge is -2.14. The summed E-state index contributed by atoms with van der Waals surface area (Å²) in [6, 6.07) is 4.08. The summed E-state index contributed by atoms with van der Waals surface area (Å²) in [5, 5.41) is 31.1. The molecule has 1 aromatic carbocycles. The Morgan fingerprint density at radius 2 is 1.80 bits per heavy atom. The van der Waals surface area contributed by atoms with Crippen LogP contribution in [-0.2, 0) is 0 Å². The number of hydrogen-bond acceptors (Lipinski definition) is 4. The lowest BCUT2D eigenvalue weighted by Crippen LogP contribution is -2.28. The Labute approximate surface area is 89.2 Å². The minimum Gasteiger partial charge on any atom is -0.508 e. The smallest absolute Gasteiger partial charge is 0.119 e. The van der Waals surface area contributed by atoms with Crippen LogP contribution in [0.5, 0.6) is 11.5 Å². The summed E-state index contributed by atoms with van der Waals surface area (Å²) in [4.78, 5) is 0. The van der Waals surface area contributed by atoms with Gasteiger partial charge in [-0.25, -0.2) is 0 Å². The fourth-order valence-corrected chi connectivity index (χ4v) is 1.24. The highest BCUT2D eigenvalue weighted by atomic mass is 16.3. The first-order valence-corrected chi connectivity index (χ1v) is 4.76. The first kappa shape index (κ1) is 11.8. The van der Waals surface area contributed by atoms with Crippen molar-refractivity contribution in [2.75, 3.05) is 6.54 Å². The predicted octanol–water partition coefficient (Wildman–Crippen LogP) is 0.943. The van der Waals surface area contributed by atoms with Crippen molar-refractivity contribution in [3.05, 3.63) is 30.7 Å². The van der Waals surface area contributed by atoms with Crippen LogP contribution in [0.4, 0.5) is 0 Å². The lowest BCUT2D eigenvalue weighted by molar-refractivity contribution is 0.172. The van der Waals surface area contributed by atoms with E-state index >= 15 is 0 Å². The number of benzene rings is 1. The molecule has 0 spiro atoms. The molecular formula is C11H16NO3. The van der Waals surface area contributed by atoms with E-state index in [0.717, 1.165) is 0 Å². The maximum atomic E-state index is 9.71. The normalized spacial score (nSPS) is 13.1. The molecule has 0 amide bonds. The molecular weight excluding hydrogens is 194 g/mol. The summed E-state index contributed by atoms with van der Waals surface area (Å²) in [7, 11) is 0. The Morgan fingerprint density at radius 3 is 2.27 bits per heavy atom. The van der Waals surface area contributed by atoms with Gasteiger partial charge in [0.1, 0.15) is 11.5 Å². The van der Waals surface area contributed by atoms with Crippen molar-refractivity contribution in [2.24, 2.45) is 0 Å². The Bertz CT molecular complexity index is 305. The topological polar surface area (TPSA) is 72.7 Å². The highest BCUT2D eigenvalue weighted by molar-refractivity contribution is 5.37. The van der Waals surface area contributed by atoms with Crippen molar-refractivity contribution >= 4 is 0 Å². The largest absolute Gasteiger partial charge is 0.508 e.